The second kappa shape index (κ2) is 8.52. The average molecular weight is 319 g/mol. The van der Waals surface area contributed by atoms with Crippen LogP contribution in [-0.4, -0.2) is 63.9 Å². The van der Waals surface area contributed by atoms with E-state index in [9.17, 15) is 0 Å². The van der Waals surface area contributed by atoms with Crippen LogP contribution in [0.2, 0.25) is 0 Å². The third kappa shape index (κ3) is 4.59. The van der Waals surface area contributed by atoms with Crippen LogP contribution in [0.5, 0.6) is 11.5 Å². The van der Waals surface area contributed by atoms with Crippen LogP contribution >= 0.6 is 0 Å². The topological polar surface area (TPSA) is 45.8 Å². The lowest BCUT2D eigenvalue weighted by atomic mass is 10.1. The molecule has 1 aromatic rings. The molecule has 2 N–H and O–H groups in total. The number of benzene rings is 1. The summed E-state index contributed by atoms with van der Waals surface area (Å²) in [5, 5.41) is 6.79. The Bertz CT molecular complexity index is 483. The predicted octanol–water partition coefficient (Wildman–Crippen LogP) is 1.27. The largest absolute Gasteiger partial charge is 0.493 e. The van der Waals surface area contributed by atoms with Crippen molar-refractivity contribution in [2.45, 2.75) is 25.4 Å². The molecule has 2 saturated heterocycles. The van der Waals surface area contributed by atoms with Crippen LogP contribution in [0.4, 0.5) is 0 Å². The summed E-state index contributed by atoms with van der Waals surface area (Å²) in [6, 6.07) is 6.27. The molecular formula is C18H29N3O2. The number of ether oxygens (including phenoxy) is 2. The maximum atomic E-state index is 6.20. The number of nitrogens with zero attached hydrogens (tertiary/aromatic N) is 1. The number of piperidine rings is 1. The minimum Gasteiger partial charge on any atom is -0.493 e. The first-order valence-corrected chi connectivity index (χ1v) is 8.83. The smallest absolute Gasteiger partial charge is 0.163 e. The zero-order chi connectivity index (χ0) is 15.9. The van der Waals surface area contributed by atoms with E-state index in [1.807, 2.05) is 6.07 Å². The molecule has 1 aromatic carbocycles. The molecule has 3 rings (SSSR count). The lowest BCUT2D eigenvalue weighted by Gasteiger charge is -2.28. The van der Waals surface area contributed by atoms with E-state index < -0.39 is 0 Å². The lowest BCUT2D eigenvalue weighted by Crippen LogP contribution is -2.44. The quantitative estimate of drug-likeness (QED) is 0.827. The molecule has 2 heterocycles. The zero-order valence-corrected chi connectivity index (χ0v) is 14.1. The van der Waals surface area contributed by atoms with Gasteiger partial charge in [0, 0.05) is 39.3 Å². The predicted molar refractivity (Wildman–Crippen MR) is 92.5 cm³/mol. The molecule has 1 atom stereocenters. The molecule has 0 aliphatic carbocycles. The molecule has 2 aliphatic heterocycles. The summed E-state index contributed by atoms with van der Waals surface area (Å²) in [5.41, 5.74) is 1.24. The first-order valence-electron chi connectivity index (χ1n) is 8.83. The molecule has 0 spiro atoms. The van der Waals surface area contributed by atoms with E-state index in [-0.39, 0.29) is 6.10 Å². The normalized spacial score (nSPS) is 22.7. The van der Waals surface area contributed by atoms with Gasteiger partial charge in [0.05, 0.1) is 7.11 Å². The Morgan fingerprint density at radius 3 is 2.78 bits per heavy atom. The van der Waals surface area contributed by atoms with Gasteiger partial charge < -0.3 is 25.0 Å². The van der Waals surface area contributed by atoms with Gasteiger partial charge in [-0.3, -0.25) is 0 Å². The third-order valence-corrected chi connectivity index (χ3v) is 4.72. The van der Waals surface area contributed by atoms with E-state index in [1.54, 1.807) is 7.11 Å². The van der Waals surface area contributed by atoms with Gasteiger partial charge in [-0.25, -0.2) is 0 Å². The van der Waals surface area contributed by atoms with E-state index in [0.717, 1.165) is 70.2 Å². The van der Waals surface area contributed by atoms with Crippen LogP contribution in [0.25, 0.3) is 0 Å². The van der Waals surface area contributed by atoms with Gasteiger partial charge >= 0.3 is 0 Å². The minimum atomic E-state index is 0.251. The molecule has 23 heavy (non-hydrogen) atoms. The second-order valence-electron chi connectivity index (χ2n) is 6.38. The van der Waals surface area contributed by atoms with Crippen molar-refractivity contribution in [3.63, 3.8) is 0 Å². The van der Waals surface area contributed by atoms with Crippen molar-refractivity contribution in [2.24, 2.45) is 0 Å². The highest BCUT2D eigenvalue weighted by atomic mass is 16.5. The Labute approximate surface area is 139 Å². The fourth-order valence-electron chi connectivity index (χ4n) is 3.40. The summed E-state index contributed by atoms with van der Waals surface area (Å²) in [5.74, 6) is 1.80. The molecule has 2 aliphatic rings. The second-order valence-corrected chi connectivity index (χ2v) is 6.38. The van der Waals surface area contributed by atoms with E-state index in [0.29, 0.717) is 0 Å². The number of hydrogen-bond acceptors (Lipinski definition) is 5. The monoisotopic (exact) mass is 319 g/mol. The Morgan fingerprint density at radius 2 is 2.04 bits per heavy atom. The molecular weight excluding hydrogens is 290 g/mol. The summed E-state index contributed by atoms with van der Waals surface area (Å²) in [7, 11) is 1.75. The molecule has 0 amide bonds. The molecule has 0 aromatic heterocycles. The maximum Gasteiger partial charge on any atom is 0.163 e. The zero-order valence-electron chi connectivity index (χ0n) is 14.1. The van der Waals surface area contributed by atoms with E-state index >= 15 is 0 Å². The van der Waals surface area contributed by atoms with Gasteiger partial charge in [-0.1, -0.05) is 12.1 Å². The summed E-state index contributed by atoms with van der Waals surface area (Å²) < 4.78 is 11.9. The summed E-state index contributed by atoms with van der Waals surface area (Å²) in [6.07, 6.45) is 3.54. The van der Waals surface area contributed by atoms with Gasteiger partial charge in [0.1, 0.15) is 6.10 Å². The Hall–Kier alpha value is -1.30. The SMILES string of the molecule is COc1c(CCN2CCNCC2)cccc1OC1CCCNC1. The highest BCUT2D eigenvalue weighted by Crippen LogP contribution is 2.32. The van der Waals surface area contributed by atoms with Crippen LogP contribution < -0.4 is 20.1 Å². The maximum absolute atomic E-state index is 6.20. The van der Waals surface area contributed by atoms with Gasteiger partial charge in [-0.2, -0.15) is 0 Å². The van der Waals surface area contributed by atoms with E-state index in [4.69, 9.17) is 9.47 Å². The molecule has 5 nitrogen and oxygen atoms in total. The Balaban J connectivity index is 1.63. The molecule has 0 radical (unpaired) electrons. The van der Waals surface area contributed by atoms with Crippen LogP contribution in [0.1, 0.15) is 18.4 Å². The number of nitrogens with one attached hydrogen (secondary N) is 2. The fourth-order valence-corrected chi connectivity index (χ4v) is 3.40. The molecule has 1 unspecified atom stereocenters. The van der Waals surface area contributed by atoms with Crippen molar-refractivity contribution in [1.82, 2.24) is 15.5 Å². The summed E-state index contributed by atoms with van der Waals surface area (Å²) >= 11 is 0. The van der Waals surface area contributed by atoms with Crippen LogP contribution in [0.3, 0.4) is 0 Å². The van der Waals surface area contributed by atoms with Gasteiger partial charge in [0.25, 0.3) is 0 Å². The minimum absolute atomic E-state index is 0.251. The lowest BCUT2D eigenvalue weighted by molar-refractivity contribution is 0.160. The number of rotatable bonds is 6. The highest BCUT2D eigenvalue weighted by Gasteiger charge is 2.18. The third-order valence-electron chi connectivity index (χ3n) is 4.72. The standard InChI is InChI=1S/C18H29N3O2/c1-22-18-15(7-11-21-12-9-19-10-13-21)4-2-6-17(18)23-16-5-3-8-20-14-16/h2,4,6,16,19-20H,3,5,7-14H2,1H3. The molecule has 0 saturated carbocycles. The average Bonchev–Trinajstić information content (AvgIpc) is 2.62. The van der Waals surface area contributed by atoms with Crippen LogP contribution in [-0.2, 0) is 6.42 Å². The number of methoxy groups -OCH3 is 1. The Kier molecular flexibility index (Phi) is 6.13. The Morgan fingerprint density at radius 1 is 1.17 bits per heavy atom. The van der Waals surface area contributed by atoms with Gasteiger partial charge in [-0.15, -0.1) is 0 Å². The molecule has 0 bridgehead atoms. The fraction of sp³-hybridized carbons (Fsp3) is 0.667. The van der Waals surface area contributed by atoms with Gasteiger partial charge in [-0.05, 0) is 37.4 Å². The molecule has 2 fully saturated rings. The summed E-state index contributed by atoms with van der Waals surface area (Å²) in [4.78, 5) is 2.51. The first-order chi connectivity index (χ1) is 11.4. The number of para-hydroxylation sites is 1. The van der Waals surface area contributed by atoms with Crippen molar-refractivity contribution in [2.75, 3.05) is 52.9 Å². The van der Waals surface area contributed by atoms with Gasteiger partial charge in [0.2, 0.25) is 0 Å². The molecule has 128 valence electrons. The highest BCUT2D eigenvalue weighted by molar-refractivity contribution is 5.47. The van der Waals surface area contributed by atoms with E-state index in [2.05, 4.69) is 27.7 Å². The van der Waals surface area contributed by atoms with Crippen LogP contribution in [0.15, 0.2) is 18.2 Å². The van der Waals surface area contributed by atoms with Crippen molar-refractivity contribution >= 4 is 0 Å². The van der Waals surface area contributed by atoms with Crippen LogP contribution in [0, 0.1) is 0 Å². The van der Waals surface area contributed by atoms with Crippen molar-refractivity contribution in [3.8, 4) is 11.5 Å². The number of hydrogen-bond donors (Lipinski definition) is 2. The van der Waals surface area contributed by atoms with Crippen molar-refractivity contribution in [1.29, 1.82) is 0 Å². The number of piperazine rings is 1. The van der Waals surface area contributed by atoms with Crippen molar-refractivity contribution < 1.29 is 9.47 Å². The van der Waals surface area contributed by atoms with Gasteiger partial charge in [0.15, 0.2) is 11.5 Å². The van der Waals surface area contributed by atoms with Crippen molar-refractivity contribution in [3.05, 3.63) is 23.8 Å². The molecule has 5 heteroatoms. The van der Waals surface area contributed by atoms with E-state index in [1.165, 1.54) is 12.0 Å². The summed E-state index contributed by atoms with van der Waals surface area (Å²) in [6.45, 7) is 7.55. The first kappa shape index (κ1) is 16.6.